The number of aliphatic imine (C=N–C) groups is 1. The lowest BCUT2D eigenvalue weighted by atomic mass is 10.0. The number of benzene rings is 1. The van der Waals surface area contributed by atoms with Crippen molar-refractivity contribution in [3.8, 4) is 11.4 Å². The molecule has 1 aliphatic carbocycles. The Bertz CT molecular complexity index is 962. The van der Waals surface area contributed by atoms with Crippen molar-refractivity contribution in [3.63, 3.8) is 0 Å². The standard InChI is InChI=1S/C22H29N5O2/c1-14-12-27(13-24-14)19-9-8-17(10-20(19)29-5)25-15(2)26-21(22(3,4)28)11-18(23)16-6-7-16/h8-13,16,25,28H,2,6-7,23H2,1,3-5H3/b18-11-,26-21?. The molecule has 29 heavy (non-hydrogen) atoms. The summed E-state index contributed by atoms with van der Waals surface area (Å²) in [6.07, 6.45) is 7.61. The van der Waals surface area contributed by atoms with Crippen molar-refractivity contribution in [2.75, 3.05) is 12.4 Å². The molecular weight excluding hydrogens is 366 g/mol. The van der Waals surface area contributed by atoms with Crippen LogP contribution in [0.15, 0.2) is 59.9 Å². The van der Waals surface area contributed by atoms with Gasteiger partial charge in [0.25, 0.3) is 0 Å². The second-order valence-electron chi connectivity index (χ2n) is 7.86. The number of hydrogen-bond acceptors (Lipinski definition) is 6. The molecule has 7 nitrogen and oxygen atoms in total. The van der Waals surface area contributed by atoms with Crippen LogP contribution in [0.5, 0.6) is 5.75 Å². The first kappa shape index (κ1) is 20.7. The normalized spacial score (nSPS) is 15.3. The molecule has 0 amide bonds. The zero-order valence-corrected chi connectivity index (χ0v) is 17.4. The number of aromatic nitrogens is 2. The molecule has 0 atom stereocenters. The number of nitrogens with one attached hydrogen (secondary N) is 1. The van der Waals surface area contributed by atoms with Gasteiger partial charge in [-0.25, -0.2) is 9.98 Å². The van der Waals surface area contributed by atoms with Crippen LogP contribution in [0.25, 0.3) is 5.69 Å². The van der Waals surface area contributed by atoms with E-state index < -0.39 is 5.60 Å². The van der Waals surface area contributed by atoms with Crippen LogP contribution in [0.4, 0.5) is 5.69 Å². The molecule has 1 fully saturated rings. The number of anilines is 1. The maximum atomic E-state index is 10.5. The molecule has 0 bridgehead atoms. The molecule has 1 aromatic heterocycles. The van der Waals surface area contributed by atoms with Gasteiger partial charge < -0.3 is 25.5 Å². The van der Waals surface area contributed by atoms with E-state index in [0.717, 1.165) is 35.6 Å². The fourth-order valence-corrected chi connectivity index (χ4v) is 2.90. The van der Waals surface area contributed by atoms with E-state index in [1.807, 2.05) is 35.9 Å². The summed E-state index contributed by atoms with van der Waals surface area (Å²) in [7, 11) is 1.62. The van der Waals surface area contributed by atoms with Crippen molar-refractivity contribution >= 4 is 11.4 Å². The van der Waals surface area contributed by atoms with Crippen LogP contribution in [0.3, 0.4) is 0 Å². The molecule has 0 saturated heterocycles. The van der Waals surface area contributed by atoms with E-state index in [9.17, 15) is 5.11 Å². The minimum Gasteiger partial charge on any atom is -0.494 e. The number of aliphatic hydroxyl groups is 1. The second kappa shape index (κ2) is 8.13. The van der Waals surface area contributed by atoms with Crippen molar-refractivity contribution in [2.24, 2.45) is 16.6 Å². The van der Waals surface area contributed by atoms with Gasteiger partial charge in [0.05, 0.1) is 30.5 Å². The first-order valence-corrected chi connectivity index (χ1v) is 9.61. The van der Waals surface area contributed by atoms with Crippen molar-refractivity contribution < 1.29 is 9.84 Å². The van der Waals surface area contributed by atoms with Crippen molar-refractivity contribution in [3.05, 3.63) is 60.6 Å². The highest BCUT2D eigenvalue weighted by Gasteiger charge is 2.27. The lowest BCUT2D eigenvalue weighted by Gasteiger charge is -2.19. The zero-order valence-electron chi connectivity index (χ0n) is 17.4. The highest BCUT2D eigenvalue weighted by atomic mass is 16.5. The Kier molecular flexibility index (Phi) is 5.79. The van der Waals surface area contributed by atoms with Gasteiger partial charge in [-0.05, 0) is 57.7 Å². The van der Waals surface area contributed by atoms with Crippen LogP contribution in [-0.2, 0) is 0 Å². The number of ether oxygens (including phenoxy) is 1. The summed E-state index contributed by atoms with van der Waals surface area (Å²) in [5.74, 6) is 1.48. The Labute approximate surface area is 171 Å². The summed E-state index contributed by atoms with van der Waals surface area (Å²) >= 11 is 0. The van der Waals surface area contributed by atoms with Crippen molar-refractivity contribution in [1.29, 1.82) is 0 Å². The monoisotopic (exact) mass is 395 g/mol. The van der Waals surface area contributed by atoms with Gasteiger partial charge in [0, 0.05) is 23.6 Å². The van der Waals surface area contributed by atoms with Gasteiger partial charge in [0.15, 0.2) is 0 Å². The van der Waals surface area contributed by atoms with E-state index in [0.29, 0.717) is 23.2 Å². The topological polar surface area (TPSA) is 97.7 Å². The van der Waals surface area contributed by atoms with E-state index in [4.69, 9.17) is 10.5 Å². The number of hydrogen-bond donors (Lipinski definition) is 3. The number of nitrogens with two attached hydrogens (primary N) is 1. The molecule has 0 unspecified atom stereocenters. The lowest BCUT2D eigenvalue weighted by molar-refractivity contribution is 0.155. The van der Waals surface area contributed by atoms with Gasteiger partial charge in [-0.3, -0.25) is 0 Å². The van der Waals surface area contributed by atoms with E-state index in [-0.39, 0.29) is 0 Å². The summed E-state index contributed by atoms with van der Waals surface area (Å²) in [5.41, 5.74) is 8.77. The first-order valence-electron chi connectivity index (χ1n) is 9.61. The Morgan fingerprint density at radius 1 is 1.45 bits per heavy atom. The van der Waals surface area contributed by atoms with Crippen LogP contribution in [0, 0.1) is 12.8 Å². The van der Waals surface area contributed by atoms with Crippen LogP contribution in [-0.4, -0.2) is 33.1 Å². The number of imidazole rings is 1. The lowest BCUT2D eigenvalue weighted by Crippen LogP contribution is -2.31. The molecule has 0 aliphatic heterocycles. The average molecular weight is 396 g/mol. The SMILES string of the molecule is C=C(N=C(/C=C(\N)C1CC1)C(C)(C)O)Nc1ccc(-n2cnc(C)c2)c(OC)c1. The largest absolute Gasteiger partial charge is 0.494 e. The van der Waals surface area contributed by atoms with Crippen LogP contribution >= 0.6 is 0 Å². The highest BCUT2D eigenvalue weighted by Crippen LogP contribution is 2.34. The Balaban J connectivity index is 1.81. The quantitative estimate of drug-likeness (QED) is 0.594. The number of rotatable bonds is 8. The molecule has 3 rings (SSSR count). The molecular formula is C22H29N5O2. The molecule has 1 aliphatic rings. The zero-order chi connectivity index (χ0) is 21.2. The van der Waals surface area contributed by atoms with Crippen LogP contribution < -0.4 is 15.8 Å². The third-order valence-corrected chi connectivity index (χ3v) is 4.69. The van der Waals surface area contributed by atoms with Crippen LogP contribution in [0.1, 0.15) is 32.4 Å². The minimum absolute atomic E-state index is 0.396. The number of allylic oxidation sites excluding steroid dienone is 1. The third-order valence-electron chi connectivity index (χ3n) is 4.69. The summed E-state index contributed by atoms with van der Waals surface area (Å²) < 4.78 is 7.44. The predicted octanol–water partition coefficient (Wildman–Crippen LogP) is 3.54. The second-order valence-corrected chi connectivity index (χ2v) is 7.86. The molecule has 2 aromatic rings. The van der Waals surface area contributed by atoms with E-state index in [2.05, 4.69) is 21.9 Å². The van der Waals surface area contributed by atoms with E-state index >= 15 is 0 Å². The predicted molar refractivity (Wildman–Crippen MR) is 116 cm³/mol. The molecule has 1 heterocycles. The van der Waals surface area contributed by atoms with Gasteiger partial charge in [0.1, 0.15) is 17.2 Å². The Morgan fingerprint density at radius 3 is 2.72 bits per heavy atom. The van der Waals surface area contributed by atoms with E-state index in [1.54, 1.807) is 33.4 Å². The maximum absolute atomic E-state index is 10.5. The maximum Gasteiger partial charge on any atom is 0.144 e. The number of nitrogens with zero attached hydrogens (tertiary/aromatic N) is 3. The summed E-state index contributed by atoms with van der Waals surface area (Å²) in [4.78, 5) is 8.74. The van der Waals surface area contributed by atoms with Crippen molar-refractivity contribution in [1.82, 2.24) is 9.55 Å². The molecule has 154 valence electrons. The van der Waals surface area contributed by atoms with Gasteiger partial charge in [-0.15, -0.1) is 0 Å². The van der Waals surface area contributed by atoms with E-state index in [1.165, 1.54) is 0 Å². The minimum atomic E-state index is -1.13. The Hall–Kier alpha value is -3.06. The summed E-state index contributed by atoms with van der Waals surface area (Å²) in [6.45, 7) is 9.27. The van der Waals surface area contributed by atoms with Crippen molar-refractivity contribution in [2.45, 2.75) is 39.2 Å². The van der Waals surface area contributed by atoms with Crippen LogP contribution in [0.2, 0.25) is 0 Å². The summed E-state index contributed by atoms with van der Waals surface area (Å²) in [5, 5.41) is 13.6. The molecule has 4 N–H and O–H groups in total. The average Bonchev–Trinajstić information content (AvgIpc) is 3.41. The third kappa shape index (κ3) is 5.26. The smallest absolute Gasteiger partial charge is 0.144 e. The van der Waals surface area contributed by atoms with Gasteiger partial charge in [0.2, 0.25) is 0 Å². The van der Waals surface area contributed by atoms with Gasteiger partial charge >= 0.3 is 0 Å². The molecule has 1 saturated carbocycles. The molecule has 1 aromatic carbocycles. The summed E-state index contributed by atoms with van der Waals surface area (Å²) in [6, 6.07) is 5.71. The first-order chi connectivity index (χ1) is 13.7. The highest BCUT2D eigenvalue weighted by molar-refractivity contribution is 6.02. The molecule has 7 heteroatoms. The molecule has 0 spiro atoms. The number of methoxy groups -OCH3 is 1. The number of aryl methyl sites for hydroxylation is 1. The fourth-order valence-electron chi connectivity index (χ4n) is 2.90. The Morgan fingerprint density at radius 2 is 2.17 bits per heavy atom. The van der Waals surface area contributed by atoms with Gasteiger partial charge in [-0.1, -0.05) is 6.58 Å². The molecule has 0 radical (unpaired) electrons. The fraction of sp³-hybridized carbons (Fsp3) is 0.364. The van der Waals surface area contributed by atoms with Gasteiger partial charge in [-0.2, -0.15) is 0 Å².